The number of halogens is 1. The summed E-state index contributed by atoms with van der Waals surface area (Å²) in [4.78, 5) is 9.10. The Labute approximate surface area is 163 Å². The average Bonchev–Trinajstić information content (AvgIpc) is 3.05. The van der Waals surface area contributed by atoms with E-state index in [-0.39, 0.29) is 5.82 Å². The van der Waals surface area contributed by atoms with E-state index in [0.29, 0.717) is 24.6 Å². The van der Waals surface area contributed by atoms with Crippen LogP contribution >= 0.6 is 0 Å². The molecule has 0 aliphatic heterocycles. The molecule has 0 aliphatic carbocycles. The van der Waals surface area contributed by atoms with Gasteiger partial charge in [-0.1, -0.05) is 42.0 Å². The van der Waals surface area contributed by atoms with Gasteiger partial charge in [-0.3, -0.25) is 0 Å². The molecular weight excluding hydrogens is 353 g/mol. The lowest BCUT2D eigenvalue weighted by Gasteiger charge is -2.12. The highest BCUT2D eigenvalue weighted by Gasteiger charge is 2.14. The predicted octanol–water partition coefficient (Wildman–Crippen LogP) is 4.39. The average molecular weight is 375 g/mol. The molecule has 0 aliphatic rings. The number of aromatic nitrogens is 4. The first-order valence-corrected chi connectivity index (χ1v) is 9.26. The van der Waals surface area contributed by atoms with Crippen LogP contribution in [0.4, 0.5) is 10.2 Å². The summed E-state index contributed by atoms with van der Waals surface area (Å²) in [7, 11) is 0. The Morgan fingerprint density at radius 3 is 2.50 bits per heavy atom. The molecule has 4 rings (SSSR count). The molecule has 0 atom stereocenters. The quantitative estimate of drug-likeness (QED) is 0.562. The largest absolute Gasteiger partial charge is 0.366 e. The first-order valence-electron chi connectivity index (χ1n) is 9.26. The molecule has 6 heteroatoms. The Morgan fingerprint density at radius 1 is 0.964 bits per heavy atom. The fourth-order valence-corrected chi connectivity index (χ4v) is 3.14. The second kappa shape index (κ2) is 7.38. The number of aryl methyl sites for hydroxylation is 2. The van der Waals surface area contributed by atoms with Gasteiger partial charge in [0.15, 0.2) is 5.82 Å². The van der Waals surface area contributed by atoms with Crippen LogP contribution in [0, 0.1) is 26.6 Å². The molecule has 0 saturated heterocycles. The molecule has 0 bridgehead atoms. The van der Waals surface area contributed by atoms with Crippen molar-refractivity contribution >= 4 is 11.6 Å². The van der Waals surface area contributed by atoms with Crippen LogP contribution in [0.2, 0.25) is 0 Å². The summed E-state index contributed by atoms with van der Waals surface area (Å²) in [5, 5.41) is 8.10. The van der Waals surface area contributed by atoms with E-state index >= 15 is 0 Å². The third kappa shape index (κ3) is 3.71. The van der Waals surface area contributed by atoms with Crippen LogP contribution in [-0.4, -0.2) is 19.6 Å². The fourth-order valence-electron chi connectivity index (χ4n) is 3.14. The Bertz CT molecular complexity index is 1130. The zero-order valence-electron chi connectivity index (χ0n) is 16.2. The number of fused-ring (bicyclic) bond motifs is 1. The number of rotatable bonds is 5. The molecule has 4 aromatic rings. The van der Waals surface area contributed by atoms with Crippen molar-refractivity contribution in [2.24, 2.45) is 0 Å². The molecule has 0 amide bonds. The van der Waals surface area contributed by atoms with Crippen LogP contribution in [0.5, 0.6) is 0 Å². The summed E-state index contributed by atoms with van der Waals surface area (Å²) < 4.78 is 15.2. The van der Waals surface area contributed by atoms with Crippen molar-refractivity contribution in [2.45, 2.75) is 33.7 Å². The van der Waals surface area contributed by atoms with E-state index in [1.54, 1.807) is 10.6 Å². The Hall–Kier alpha value is -3.28. The van der Waals surface area contributed by atoms with Crippen LogP contribution in [0.15, 0.2) is 48.5 Å². The topological polar surface area (TPSA) is 55.1 Å². The molecule has 28 heavy (non-hydrogen) atoms. The lowest BCUT2D eigenvalue weighted by Crippen LogP contribution is -2.10. The summed E-state index contributed by atoms with van der Waals surface area (Å²) in [6.45, 7) is 6.74. The van der Waals surface area contributed by atoms with Gasteiger partial charge in [-0.2, -0.15) is 9.50 Å². The van der Waals surface area contributed by atoms with Crippen molar-refractivity contribution in [1.29, 1.82) is 0 Å². The van der Waals surface area contributed by atoms with Crippen LogP contribution < -0.4 is 5.32 Å². The first kappa shape index (κ1) is 18.1. The highest BCUT2D eigenvalue weighted by Crippen LogP contribution is 2.20. The summed E-state index contributed by atoms with van der Waals surface area (Å²) in [5.74, 6) is 1.77. The number of nitrogens with one attached hydrogen (secondary N) is 1. The van der Waals surface area contributed by atoms with Crippen molar-refractivity contribution < 1.29 is 4.39 Å². The van der Waals surface area contributed by atoms with Crippen molar-refractivity contribution in [3.63, 3.8) is 0 Å². The Balaban J connectivity index is 1.65. The minimum atomic E-state index is -0.258. The van der Waals surface area contributed by atoms with Crippen molar-refractivity contribution in [3.05, 3.63) is 88.1 Å². The van der Waals surface area contributed by atoms with Gasteiger partial charge in [0, 0.05) is 24.2 Å². The molecule has 0 spiro atoms. The van der Waals surface area contributed by atoms with Gasteiger partial charge >= 0.3 is 0 Å². The Kier molecular flexibility index (Phi) is 4.77. The molecule has 1 N–H and O–H groups in total. The highest BCUT2D eigenvalue weighted by molar-refractivity contribution is 5.52. The summed E-state index contributed by atoms with van der Waals surface area (Å²) in [5.41, 5.74) is 5.19. The van der Waals surface area contributed by atoms with Gasteiger partial charge in [0.2, 0.25) is 0 Å². The fraction of sp³-hybridized carbons (Fsp3) is 0.227. The third-order valence-corrected chi connectivity index (χ3v) is 4.84. The van der Waals surface area contributed by atoms with Gasteiger partial charge in [0.25, 0.3) is 5.78 Å². The van der Waals surface area contributed by atoms with Crippen LogP contribution in [-0.2, 0) is 13.0 Å². The molecule has 2 aromatic carbocycles. The second-order valence-electron chi connectivity index (χ2n) is 7.06. The summed E-state index contributed by atoms with van der Waals surface area (Å²) in [6.07, 6.45) is 0.455. The Morgan fingerprint density at radius 2 is 1.75 bits per heavy atom. The van der Waals surface area contributed by atoms with Crippen molar-refractivity contribution in [3.8, 4) is 0 Å². The second-order valence-corrected chi connectivity index (χ2v) is 7.06. The van der Waals surface area contributed by atoms with Crippen LogP contribution in [0.25, 0.3) is 5.78 Å². The molecule has 2 heterocycles. The van der Waals surface area contributed by atoms with Crippen LogP contribution in [0.3, 0.4) is 0 Å². The maximum absolute atomic E-state index is 13.5. The van der Waals surface area contributed by atoms with Gasteiger partial charge in [-0.15, -0.1) is 5.10 Å². The minimum absolute atomic E-state index is 0.258. The molecule has 0 unspecified atom stereocenters. The molecule has 2 aromatic heterocycles. The molecule has 0 saturated carbocycles. The maximum Gasteiger partial charge on any atom is 0.254 e. The lowest BCUT2D eigenvalue weighted by molar-refractivity contribution is 0.625. The number of benzene rings is 2. The number of hydrogen-bond donors (Lipinski definition) is 1. The van der Waals surface area contributed by atoms with Crippen LogP contribution in [0.1, 0.15) is 33.8 Å². The van der Waals surface area contributed by atoms with E-state index in [1.807, 2.05) is 19.9 Å². The minimum Gasteiger partial charge on any atom is -0.366 e. The molecule has 142 valence electrons. The van der Waals surface area contributed by atoms with Crippen molar-refractivity contribution in [2.75, 3.05) is 5.32 Å². The normalized spacial score (nSPS) is 11.1. The molecule has 0 radical (unpaired) electrons. The van der Waals surface area contributed by atoms with Gasteiger partial charge in [-0.25, -0.2) is 9.37 Å². The predicted molar refractivity (Wildman–Crippen MR) is 108 cm³/mol. The maximum atomic E-state index is 13.5. The third-order valence-electron chi connectivity index (χ3n) is 4.84. The van der Waals surface area contributed by atoms with Gasteiger partial charge < -0.3 is 5.32 Å². The highest BCUT2D eigenvalue weighted by atomic mass is 19.1. The smallest absolute Gasteiger partial charge is 0.254 e. The standard InChI is InChI=1S/C22H22FN5/c1-14-7-9-17(10-8-14)13-24-21-15(2)16(3)25-22-26-20(27-28(21)22)12-18-5-4-6-19(23)11-18/h4-11,24H,12-13H2,1-3H3. The molecule has 5 nitrogen and oxygen atoms in total. The van der Waals surface area contributed by atoms with Gasteiger partial charge in [0.05, 0.1) is 0 Å². The lowest BCUT2D eigenvalue weighted by atomic mass is 10.1. The summed E-state index contributed by atoms with van der Waals surface area (Å²) >= 11 is 0. The number of nitrogens with zero attached hydrogens (tertiary/aromatic N) is 4. The SMILES string of the molecule is Cc1ccc(CNc2c(C)c(C)nc3nc(Cc4cccc(F)c4)nn23)cc1. The van der Waals surface area contributed by atoms with Crippen molar-refractivity contribution in [1.82, 2.24) is 19.6 Å². The zero-order valence-corrected chi connectivity index (χ0v) is 16.2. The van der Waals surface area contributed by atoms with Gasteiger partial charge in [-0.05, 0) is 44.0 Å². The van der Waals surface area contributed by atoms with E-state index in [1.165, 1.54) is 23.3 Å². The van der Waals surface area contributed by atoms with E-state index < -0.39 is 0 Å². The van der Waals surface area contributed by atoms with E-state index in [4.69, 9.17) is 0 Å². The number of anilines is 1. The first-order chi connectivity index (χ1) is 13.5. The zero-order chi connectivity index (χ0) is 19.7. The molecular formula is C22H22FN5. The molecule has 0 fully saturated rings. The summed E-state index contributed by atoms with van der Waals surface area (Å²) in [6, 6.07) is 14.9. The van der Waals surface area contributed by atoms with E-state index in [9.17, 15) is 4.39 Å². The van der Waals surface area contributed by atoms with E-state index in [0.717, 1.165) is 22.6 Å². The van der Waals surface area contributed by atoms with E-state index in [2.05, 4.69) is 51.6 Å². The van der Waals surface area contributed by atoms with Gasteiger partial charge in [0.1, 0.15) is 11.6 Å². The number of hydrogen-bond acceptors (Lipinski definition) is 4. The monoisotopic (exact) mass is 375 g/mol.